The van der Waals surface area contributed by atoms with Crippen molar-refractivity contribution in [2.45, 2.75) is 19.3 Å². The van der Waals surface area contributed by atoms with Crippen LogP contribution in [0.3, 0.4) is 0 Å². The van der Waals surface area contributed by atoms with Gasteiger partial charge in [0.1, 0.15) is 5.82 Å². The topological polar surface area (TPSA) is 87.8 Å². The minimum atomic E-state index is -0.209. The van der Waals surface area contributed by atoms with Gasteiger partial charge in [-0.3, -0.25) is 4.79 Å². The van der Waals surface area contributed by atoms with E-state index in [1.807, 2.05) is 34.7 Å². The zero-order chi connectivity index (χ0) is 17.5. The molecule has 132 valence electrons. The number of anilines is 1. The van der Waals surface area contributed by atoms with Crippen LogP contribution in [0.4, 0.5) is 5.69 Å². The number of carbonyl (C=O) groups is 1. The third-order valence-electron chi connectivity index (χ3n) is 4.07. The lowest BCUT2D eigenvalue weighted by molar-refractivity contribution is -0.140. The van der Waals surface area contributed by atoms with E-state index in [2.05, 4.69) is 9.72 Å². The summed E-state index contributed by atoms with van der Waals surface area (Å²) in [5.41, 5.74) is 2.80. The number of esters is 1. The van der Waals surface area contributed by atoms with Crippen molar-refractivity contribution in [2.75, 3.05) is 38.3 Å². The molecule has 1 aromatic heterocycles. The van der Waals surface area contributed by atoms with E-state index < -0.39 is 0 Å². The van der Waals surface area contributed by atoms with Crippen LogP contribution in [0.5, 0.6) is 0 Å². The van der Waals surface area contributed by atoms with Crippen molar-refractivity contribution in [2.24, 2.45) is 7.05 Å². The predicted octanol–water partition coefficient (Wildman–Crippen LogP) is 0.860. The summed E-state index contributed by atoms with van der Waals surface area (Å²) < 4.78 is 6.68. The lowest BCUT2D eigenvalue weighted by Gasteiger charge is -2.22. The van der Waals surface area contributed by atoms with Gasteiger partial charge in [0.2, 0.25) is 0 Å². The molecule has 0 saturated heterocycles. The van der Waals surface area contributed by atoms with Crippen LogP contribution in [-0.4, -0.2) is 59.1 Å². The van der Waals surface area contributed by atoms with E-state index in [1.165, 1.54) is 7.11 Å². The molecule has 0 aliphatic heterocycles. The summed E-state index contributed by atoms with van der Waals surface area (Å²) in [6.45, 7) is 0.980. The molecule has 0 amide bonds. The van der Waals surface area contributed by atoms with Crippen molar-refractivity contribution < 1.29 is 19.7 Å². The summed E-state index contributed by atoms with van der Waals surface area (Å²) in [6.07, 6.45) is 1.77. The standard InChI is InChI=1S/C17H25N3O4/c1-19-15-7-6-13(20(8-10-21)9-11-22)12-14(15)18-16(19)4-3-5-17(23)24-2/h6-7,12,21-22H,3-5,8-11H2,1-2H3. The number of hydrogen-bond acceptors (Lipinski definition) is 6. The van der Waals surface area contributed by atoms with E-state index in [4.69, 9.17) is 10.2 Å². The Bertz CT molecular complexity index is 678. The summed E-state index contributed by atoms with van der Waals surface area (Å²) in [4.78, 5) is 17.8. The van der Waals surface area contributed by atoms with Crippen molar-refractivity contribution in [3.8, 4) is 0 Å². The van der Waals surface area contributed by atoms with Gasteiger partial charge in [-0.15, -0.1) is 0 Å². The third-order valence-corrected chi connectivity index (χ3v) is 4.07. The summed E-state index contributed by atoms with van der Waals surface area (Å²) in [5, 5.41) is 18.3. The number of nitrogens with zero attached hydrogens (tertiary/aromatic N) is 3. The zero-order valence-electron chi connectivity index (χ0n) is 14.2. The lowest BCUT2D eigenvalue weighted by atomic mass is 10.2. The van der Waals surface area contributed by atoms with Gasteiger partial charge in [0.05, 0.1) is 31.4 Å². The van der Waals surface area contributed by atoms with Crippen molar-refractivity contribution in [1.82, 2.24) is 9.55 Å². The van der Waals surface area contributed by atoms with Gasteiger partial charge < -0.3 is 24.4 Å². The molecule has 0 unspecified atom stereocenters. The Morgan fingerprint density at radius 3 is 2.62 bits per heavy atom. The summed E-state index contributed by atoms with van der Waals surface area (Å²) >= 11 is 0. The van der Waals surface area contributed by atoms with Crippen molar-refractivity contribution in [3.05, 3.63) is 24.0 Å². The van der Waals surface area contributed by atoms with E-state index in [0.717, 1.165) is 22.5 Å². The first-order chi connectivity index (χ1) is 11.6. The molecule has 0 bridgehead atoms. The second-order valence-corrected chi connectivity index (χ2v) is 5.62. The molecule has 0 atom stereocenters. The zero-order valence-corrected chi connectivity index (χ0v) is 14.2. The maximum atomic E-state index is 11.2. The smallest absolute Gasteiger partial charge is 0.305 e. The van der Waals surface area contributed by atoms with Crippen LogP contribution in [0.25, 0.3) is 11.0 Å². The Balaban J connectivity index is 2.18. The SMILES string of the molecule is COC(=O)CCCc1nc2cc(N(CCO)CCO)ccc2n1C. The van der Waals surface area contributed by atoms with E-state index >= 15 is 0 Å². The number of fused-ring (bicyclic) bond motifs is 1. The molecule has 1 heterocycles. The Labute approximate surface area is 141 Å². The number of aromatic nitrogens is 2. The van der Waals surface area contributed by atoms with E-state index in [-0.39, 0.29) is 19.2 Å². The molecular weight excluding hydrogens is 310 g/mol. The fourth-order valence-electron chi connectivity index (χ4n) is 2.76. The normalized spacial score (nSPS) is 11.0. The molecule has 2 aromatic rings. The second-order valence-electron chi connectivity index (χ2n) is 5.62. The van der Waals surface area contributed by atoms with Crippen LogP contribution in [0.1, 0.15) is 18.7 Å². The van der Waals surface area contributed by atoms with Crippen molar-refractivity contribution >= 4 is 22.7 Å². The Morgan fingerprint density at radius 1 is 1.29 bits per heavy atom. The summed E-state index contributed by atoms with van der Waals surface area (Å²) in [7, 11) is 3.35. The highest BCUT2D eigenvalue weighted by Crippen LogP contribution is 2.23. The number of benzene rings is 1. The monoisotopic (exact) mass is 335 g/mol. The quantitative estimate of drug-likeness (QED) is 0.661. The van der Waals surface area contributed by atoms with E-state index in [9.17, 15) is 4.79 Å². The average molecular weight is 335 g/mol. The molecule has 24 heavy (non-hydrogen) atoms. The molecular formula is C17H25N3O4. The van der Waals surface area contributed by atoms with E-state index in [0.29, 0.717) is 32.4 Å². The van der Waals surface area contributed by atoms with Gasteiger partial charge in [-0.1, -0.05) is 0 Å². The van der Waals surface area contributed by atoms with Crippen molar-refractivity contribution in [1.29, 1.82) is 0 Å². The van der Waals surface area contributed by atoms with E-state index in [1.54, 1.807) is 0 Å². The van der Waals surface area contributed by atoms with Gasteiger partial charge in [0, 0.05) is 38.7 Å². The third kappa shape index (κ3) is 4.24. The van der Waals surface area contributed by atoms with Crippen LogP contribution in [-0.2, 0) is 23.0 Å². The molecule has 7 heteroatoms. The first-order valence-electron chi connectivity index (χ1n) is 8.09. The average Bonchev–Trinajstić information content (AvgIpc) is 2.90. The fourth-order valence-corrected chi connectivity index (χ4v) is 2.76. The fraction of sp³-hybridized carbons (Fsp3) is 0.529. The van der Waals surface area contributed by atoms with Crippen LogP contribution in [0.15, 0.2) is 18.2 Å². The highest BCUT2D eigenvalue weighted by Gasteiger charge is 2.12. The van der Waals surface area contributed by atoms with Crippen LogP contribution < -0.4 is 4.90 Å². The number of carbonyl (C=O) groups excluding carboxylic acids is 1. The number of aliphatic hydroxyl groups excluding tert-OH is 2. The number of hydrogen-bond donors (Lipinski definition) is 2. The molecule has 0 spiro atoms. The Hall–Kier alpha value is -2.12. The predicted molar refractivity (Wildman–Crippen MR) is 92.1 cm³/mol. The minimum absolute atomic E-state index is 0.0268. The van der Waals surface area contributed by atoms with Gasteiger partial charge in [-0.2, -0.15) is 0 Å². The number of aryl methyl sites for hydroxylation is 2. The minimum Gasteiger partial charge on any atom is -0.469 e. The molecule has 2 rings (SSSR count). The number of methoxy groups -OCH3 is 1. The highest BCUT2D eigenvalue weighted by molar-refractivity contribution is 5.80. The molecule has 0 radical (unpaired) electrons. The van der Waals surface area contributed by atoms with Gasteiger partial charge in [0.15, 0.2) is 0 Å². The molecule has 0 fully saturated rings. The van der Waals surface area contributed by atoms with Crippen LogP contribution in [0, 0.1) is 0 Å². The maximum Gasteiger partial charge on any atom is 0.305 e. The first-order valence-corrected chi connectivity index (χ1v) is 8.09. The molecule has 1 aromatic carbocycles. The Morgan fingerprint density at radius 2 is 2.00 bits per heavy atom. The van der Waals surface area contributed by atoms with Crippen LogP contribution in [0.2, 0.25) is 0 Å². The molecule has 0 saturated carbocycles. The lowest BCUT2D eigenvalue weighted by Crippen LogP contribution is -2.29. The number of rotatable bonds is 9. The van der Waals surface area contributed by atoms with Gasteiger partial charge in [-0.05, 0) is 24.6 Å². The first kappa shape index (κ1) is 18.2. The number of imidazole rings is 1. The number of ether oxygens (including phenoxy) is 1. The molecule has 0 aliphatic rings. The maximum absolute atomic E-state index is 11.2. The largest absolute Gasteiger partial charge is 0.469 e. The number of aliphatic hydroxyl groups is 2. The molecule has 0 aliphatic carbocycles. The van der Waals surface area contributed by atoms with Crippen LogP contribution >= 0.6 is 0 Å². The molecule has 2 N–H and O–H groups in total. The second kappa shape index (κ2) is 8.65. The summed E-state index contributed by atoms with van der Waals surface area (Å²) in [6, 6.07) is 5.92. The van der Waals surface area contributed by atoms with Gasteiger partial charge >= 0.3 is 5.97 Å². The summed E-state index contributed by atoms with van der Waals surface area (Å²) in [5.74, 6) is 0.710. The van der Waals surface area contributed by atoms with Gasteiger partial charge in [0.25, 0.3) is 0 Å². The Kier molecular flexibility index (Phi) is 6.57. The van der Waals surface area contributed by atoms with Crippen molar-refractivity contribution in [3.63, 3.8) is 0 Å². The molecule has 7 nitrogen and oxygen atoms in total. The highest BCUT2D eigenvalue weighted by atomic mass is 16.5. The van der Waals surface area contributed by atoms with Gasteiger partial charge in [-0.25, -0.2) is 4.98 Å².